The smallest absolute Gasteiger partial charge is 0.232 e. The molecule has 0 spiro atoms. The van der Waals surface area contributed by atoms with Crippen LogP contribution in [0, 0.1) is 0 Å². The van der Waals surface area contributed by atoms with Crippen molar-refractivity contribution in [2.24, 2.45) is 0 Å². The summed E-state index contributed by atoms with van der Waals surface area (Å²) in [7, 11) is 0. The molecule has 7 heteroatoms. The fourth-order valence-corrected chi connectivity index (χ4v) is 3.71. The molecule has 0 amide bonds. The Morgan fingerprint density at radius 3 is 2.64 bits per heavy atom. The molecule has 0 fully saturated rings. The molecule has 1 atom stereocenters. The second-order valence-corrected chi connectivity index (χ2v) is 7.65. The van der Waals surface area contributed by atoms with E-state index < -0.39 is 0 Å². The van der Waals surface area contributed by atoms with Crippen LogP contribution < -0.4 is 4.74 Å². The van der Waals surface area contributed by atoms with Gasteiger partial charge in [0.05, 0.1) is 23.0 Å². The lowest BCUT2D eigenvalue weighted by Gasteiger charge is -2.19. The third kappa shape index (κ3) is 4.96. The summed E-state index contributed by atoms with van der Waals surface area (Å²) in [6.45, 7) is 9.73. The molecule has 1 unspecified atom stereocenters. The highest BCUT2D eigenvalue weighted by Gasteiger charge is 2.13. The van der Waals surface area contributed by atoms with Gasteiger partial charge in [0.2, 0.25) is 5.88 Å². The first-order valence-corrected chi connectivity index (χ1v) is 10.5. The average molecular weight is 421 g/mol. The fraction of sp³-hybridized carbons (Fsp3) is 0.429. The molecular weight excluding hydrogens is 395 g/mol. The minimum absolute atomic E-state index is 0.0894. The first kappa shape index (κ1) is 20.9. The standard InChI is InChI=1S/C21H26Cl2N4O/c1-4-26(5-2)12-6-7-15(3)28-21-11-10-20-24-14-19(27(20)25-21)17-9-8-16(22)13-18(17)23/h8-11,13-15H,4-7,12H2,1-3H3. The second kappa shape index (κ2) is 9.59. The van der Waals surface area contributed by atoms with E-state index in [0.29, 0.717) is 15.9 Å². The summed E-state index contributed by atoms with van der Waals surface area (Å²) in [6, 6.07) is 9.16. The summed E-state index contributed by atoms with van der Waals surface area (Å²) in [6.07, 6.45) is 3.93. The topological polar surface area (TPSA) is 42.7 Å². The maximum atomic E-state index is 6.36. The van der Waals surface area contributed by atoms with E-state index in [-0.39, 0.29) is 6.10 Å². The molecule has 3 aromatic rings. The first-order chi connectivity index (χ1) is 13.5. The van der Waals surface area contributed by atoms with Gasteiger partial charge in [-0.25, -0.2) is 9.50 Å². The molecule has 2 heterocycles. The van der Waals surface area contributed by atoms with Gasteiger partial charge in [-0.15, -0.1) is 5.10 Å². The summed E-state index contributed by atoms with van der Waals surface area (Å²) in [5.41, 5.74) is 2.37. The fourth-order valence-electron chi connectivity index (χ4n) is 3.21. The Morgan fingerprint density at radius 2 is 1.93 bits per heavy atom. The van der Waals surface area contributed by atoms with Crippen molar-refractivity contribution >= 4 is 28.8 Å². The van der Waals surface area contributed by atoms with Crippen LogP contribution in [-0.4, -0.2) is 45.2 Å². The molecule has 0 aliphatic carbocycles. The van der Waals surface area contributed by atoms with Crippen molar-refractivity contribution in [2.75, 3.05) is 19.6 Å². The van der Waals surface area contributed by atoms with E-state index in [0.717, 1.165) is 49.4 Å². The van der Waals surface area contributed by atoms with Crippen LogP contribution >= 0.6 is 23.2 Å². The van der Waals surface area contributed by atoms with Crippen molar-refractivity contribution in [3.05, 3.63) is 46.6 Å². The van der Waals surface area contributed by atoms with Crippen molar-refractivity contribution in [3.8, 4) is 17.1 Å². The van der Waals surface area contributed by atoms with Crippen LogP contribution in [0.4, 0.5) is 0 Å². The summed E-state index contributed by atoms with van der Waals surface area (Å²) < 4.78 is 7.81. The summed E-state index contributed by atoms with van der Waals surface area (Å²) in [4.78, 5) is 6.84. The van der Waals surface area contributed by atoms with E-state index in [1.165, 1.54) is 0 Å². The SMILES string of the molecule is CCN(CC)CCCC(C)Oc1ccc2ncc(-c3ccc(Cl)cc3Cl)n2n1. The van der Waals surface area contributed by atoms with Gasteiger partial charge in [-0.05, 0) is 63.7 Å². The first-order valence-electron chi connectivity index (χ1n) is 9.71. The molecular formula is C21H26Cl2N4O. The minimum atomic E-state index is 0.0894. The Balaban J connectivity index is 1.73. The van der Waals surface area contributed by atoms with Crippen LogP contribution in [0.15, 0.2) is 36.5 Å². The molecule has 0 N–H and O–H groups in total. The van der Waals surface area contributed by atoms with Crippen molar-refractivity contribution in [1.82, 2.24) is 19.5 Å². The Hall–Kier alpha value is -1.82. The van der Waals surface area contributed by atoms with Gasteiger partial charge in [0.25, 0.3) is 0 Å². The molecule has 0 saturated carbocycles. The number of aromatic nitrogens is 3. The van der Waals surface area contributed by atoms with Gasteiger partial charge in [-0.1, -0.05) is 37.0 Å². The van der Waals surface area contributed by atoms with Crippen LogP contribution in [0.2, 0.25) is 10.0 Å². The zero-order valence-corrected chi connectivity index (χ0v) is 18.0. The van der Waals surface area contributed by atoms with Crippen LogP contribution in [0.1, 0.15) is 33.6 Å². The van der Waals surface area contributed by atoms with Crippen molar-refractivity contribution in [3.63, 3.8) is 0 Å². The summed E-state index contributed by atoms with van der Waals surface area (Å²) in [5.74, 6) is 0.576. The highest BCUT2D eigenvalue weighted by Crippen LogP contribution is 2.30. The highest BCUT2D eigenvalue weighted by atomic mass is 35.5. The van der Waals surface area contributed by atoms with Crippen molar-refractivity contribution < 1.29 is 4.74 Å². The Morgan fingerprint density at radius 1 is 1.14 bits per heavy atom. The molecule has 0 bridgehead atoms. The van der Waals surface area contributed by atoms with Gasteiger partial charge in [-0.2, -0.15) is 0 Å². The van der Waals surface area contributed by atoms with Gasteiger partial charge in [0.1, 0.15) is 0 Å². The highest BCUT2D eigenvalue weighted by molar-refractivity contribution is 6.36. The Kier molecular flexibility index (Phi) is 7.16. The maximum absolute atomic E-state index is 6.36. The van der Waals surface area contributed by atoms with Crippen molar-refractivity contribution in [1.29, 1.82) is 0 Å². The number of rotatable bonds is 9. The molecule has 0 radical (unpaired) electrons. The van der Waals surface area contributed by atoms with Gasteiger partial charge < -0.3 is 9.64 Å². The molecule has 3 rings (SSSR count). The van der Waals surface area contributed by atoms with Crippen LogP contribution in [0.5, 0.6) is 5.88 Å². The van der Waals surface area contributed by atoms with Crippen molar-refractivity contribution in [2.45, 2.75) is 39.7 Å². The number of benzene rings is 1. The molecule has 1 aromatic carbocycles. The van der Waals surface area contributed by atoms with Crippen LogP contribution in [0.25, 0.3) is 16.9 Å². The van der Waals surface area contributed by atoms with E-state index in [9.17, 15) is 0 Å². The second-order valence-electron chi connectivity index (χ2n) is 6.81. The number of nitrogens with zero attached hydrogens (tertiary/aromatic N) is 4. The largest absolute Gasteiger partial charge is 0.474 e. The Labute approximate surface area is 176 Å². The van der Waals surface area contributed by atoms with Gasteiger partial charge in [0, 0.05) is 16.7 Å². The zero-order chi connectivity index (χ0) is 20.1. The molecule has 5 nitrogen and oxygen atoms in total. The number of ether oxygens (including phenoxy) is 1. The van der Waals surface area contributed by atoms with E-state index in [4.69, 9.17) is 27.9 Å². The normalized spacial score (nSPS) is 12.6. The molecule has 28 heavy (non-hydrogen) atoms. The van der Waals surface area contributed by atoms with E-state index in [1.807, 2.05) is 18.2 Å². The number of fused-ring (bicyclic) bond motifs is 1. The van der Waals surface area contributed by atoms with E-state index in [2.05, 4.69) is 35.8 Å². The van der Waals surface area contributed by atoms with Crippen LogP contribution in [0.3, 0.4) is 0 Å². The van der Waals surface area contributed by atoms with E-state index >= 15 is 0 Å². The zero-order valence-electron chi connectivity index (χ0n) is 16.5. The van der Waals surface area contributed by atoms with Gasteiger partial charge >= 0.3 is 0 Å². The lowest BCUT2D eigenvalue weighted by Crippen LogP contribution is -2.25. The van der Waals surface area contributed by atoms with Gasteiger partial charge in [0.15, 0.2) is 5.65 Å². The molecule has 0 saturated heterocycles. The average Bonchev–Trinajstić information content (AvgIpc) is 3.08. The lowest BCUT2D eigenvalue weighted by atomic mass is 10.2. The predicted molar refractivity (Wildman–Crippen MR) is 116 cm³/mol. The molecule has 150 valence electrons. The maximum Gasteiger partial charge on any atom is 0.232 e. The minimum Gasteiger partial charge on any atom is -0.474 e. The summed E-state index contributed by atoms with van der Waals surface area (Å²) in [5, 5.41) is 5.78. The monoisotopic (exact) mass is 420 g/mol. The number of halogens is 2. The number of hydrogen-bond donors (Lipinski definition) is 0. The lowest BCUT2D eigenvalue weighted by molar-refractivity contribution is 0.186. The molecule has 2 aromatic heterocycles. The van der Waals surface area contributed by atoms with Crippen LogP contribution in [-0.2, 0) is 0 Å². The van der Waals surface area contributed by atoms with Gasteiger partial charge in [-0.3, -0.25) is 0 Å². The predicted octanol–water partition coefficient (Wildman–Crippen LogP) is 5.59. The van der Waals surface area contributed by atoms with E-state index in [1.54, 1.807) is 22.8 Å². The Bertz CT molecular complexity index is 924. The third-order valence-corrected chi connectivity index (χ3v) is 5.39. The molecule has 0 aliphatic heterocycles. The number of hydrogen-bond acceptors (Lipinski definition) is 4. The summed E-state index contributed by atoms with van der Waals surface area (Å²) >= 11 is 12.4. The third-order valence-electron chi connectivity index (χ3n) is 4.85. The quantitative estimate of drug-likeness (QED) is 0.452. The number of imidazole rings is 1. The molecule has 0 aliphatic rings.